The number of hydrogen-bond donors (Lipinski definition) is 0. The van der Waals surface area contributed by atoms with Gasteiger partial charge in [-0.15, -0.1) is 0 Å². The van der Waals surface area contributed by atoms with Crippen LogP contribution in [-0.4, -0.2) is 45.0 Å². The molecule has 0 spiro atoms. The van der Waals surface area contributed by atoms with Gasteiger partial charge < -0.3 is 9.64 Å². The Morgan fingerprint density at radius 3 is 2.56 bits per heavy atom. The third-order valence-corrected chi connectivity index (χ3v) is 6.55. The predicted octanol–water partition coefficient (Wildman–Crippen LogP) is 3.18. The number of carbonyl (C=O) groups excluding carboxylic acids is 1. The predicted molar refractivity (Wildman–Crippen MR) is 104 cm³/mol. The Morgan fingerprint density at radius 2 is 1.85 bits per heavy atom. The minimum Gasteiger partial charge on any atom is -0.378 e. The number of halogens is 1. The molecule has 1 aromatic heterocycles. The summed E-state index contributed by atoms with van der Waals surface area (Å²) in [6, 6.07) is 11.5. The van der Waals surface area contributed by atoms with Crippen molar-refractivity contribution in [2.75, 3.05) is 31.2 Å². The van der Waals surface area contributed by atoms with Crippen LogP contribution >= 0.6 is 11.6 Å². The fraction of sp³-hybridized carbons (Fsp3) is 0.211. The molecule has 0 radical (unpaired) electrons. The Morgan fingerprint density at radius 1 is 1.07 bits per heavy atom. The zero-order valence-corrected chi connectivity index (χ0v) is 15.9. The Bertz CT molecular complexity index is 1120. The molecule has 0 N–H and O–H groups in total. The molecule has 1 aliphatic heterocycles. The van der Waals surface area contributed by atoms with Crippen molar-refractivity contribution in [1.82, 2.24) is 3.97 Å². The number of fused-ring (bicyclic) bond motifs is 1. The number of hydrogen-bond acceptors (Lipinski definition) is 5. The summed E-state index contributed by atoms with van der Waals surface area (Å²) in [6.07, 6.45) is 2.03. The van der Waals surface area contributed by atoms with E-state index in [4.69, 9.17) is 16.3 Å². The maximum atomic E-state index is 13.1. The van der Waals surface area contributed by atoms with E-state index in [1.54, 1.807) is 18.2 Å². The molecule has 2 heterocycles. The number of carbonyl (C=O) groups is 1. The molecule has 1 saturated heterocycles. The average Bonchev–Trinajstić information content (AvgIpc) is 3.07. The van der Waals surface area contributed by atoms with Gasteiger partial charge in [-0.3, -0.25) is 4.79 Å². The van der Waals surface area contributed by atoms with Gasteiger partial charge in [0.25, 0.3) is 10.0 Å². The van der Waals surface area contributed by atoms with Crippen LogP contribution in [0.5, 0.6) is 0 Å². The molecule has 1 aliphatic rings. The van der Waals surface area contributed by atoms with E-state index in [0.29, 0.717) is 41.0 Å². The quantitative estimate of drug-likeness (QED) is 0.625. The lowest BCUT2D eigenvalue weighted by atomic mass is 10.1. The van der Waals surface area contributed by atoms with Gasteiger partial charge in [0.2, 0.25) is 0 Å². The van der Waals surface area contributed by atoms with Crippen LogP contribution in [-0.2, 0) is 14.8 Å². The molecule has 6 nitrogen and oxygen atoms in total. The van der Waals surface area contributed by atoms with Gasteiger partial charge in [0.15, 0.2) is 6.29 Å². The van der Waals surface area contributed by atoms with Crippen molar-refractivity contribution in [3.8, 4) is 0 Å². The van der Waals surface area contributed by atoms with Crippen molar-refractivity contribution < 1.29 is 17.9 Å². The minimum absolute atomic E-state index is 0.0709. The minimum atomic E-state index is -3.88. The number of aldehydes is 1. The first-order valence-electron chi connectivity index (χ1n) is 8.45. The fourth-order valence-corrected chi connectivity index (χ4v) is 4.94. The van der Waals surface area contributed by atoms with E-state index in [0.717, 1.165) is 22.7 Å². The first-order chi connectivity index (χ1) is 13.0. The van der Waals surface area contributed by atoms with Crippen LogP contribution in [0, 0.1) is 0 Å². The molecule has 2 aromatic carbocycles. The summed E-state index contributed by atoms with van der Waals surface area (Å²) in [7, 11) is -3.88. The summed E-state index contributed by atoms with van der Waals surface area (Å²) < 4.78 is 32.7. The van der Waals surface area contributed by atoms with Crippen LogP contribution in [0.1, 0.15) is 10.4 Å². The monoisotopic (exact) mass is 404 g/mol. The van der Waals surface area contributed by atoms with Crippen LogP contribution in [0.3, 0.4) is 0 Å². The van der Waals surface area contributed by atoms with Crippen LogP contribution in [0.25, 0.3) is 10.9 Å². The second-order valence-electron chi connectivity index (χ2n) is 6.26. The number of aromatic nitrogens is 1. The number of ether oxygens (including phenoxy) is 1. The van der Waals surface area contributed by atoms with Gasteiger partial charge in [-0.25, -0.2) is 12.4 Å². The molecule has 27 heavy (non-hydrogen) atoms. The molecule has 0 unspecified atom stereocenters. The molecule has 0 aliphatic carbocycles. The highest BCUT2D eigenvalue weighted by atomic mass is 35.5. The molecule has 4 rings (SSSR count). The SMILES string of the molecule is O=Cc1cn(S(=O)(=O)c2cccc(Cl)c2)c2ccc(N3CCOCC3)cc12. The third kappa shape index (κ3) is 3.22. The molecule has 0 saturated carbocycles. The second-order valence-corrected chi connectivity index (χ2v) is 8.51. The summed E-state index contributed by atoms with van der Waals surface area (Å²) in [5.74, 6) is 0. The lowest BCUT2D eigenvalue weighted by Crippen LogP contribution is -2.36. The Balaban J connectivity index is 1.86. The summed E-state index contributed by atoms with van der Waals surface area (Å²) in [6.45, 7) is 2.79. The molecule has 0 amide bonds. The molecule has 3 aromatic rings. The van der Waals surface area contributed by atoms with Gasteiger partial charge in [0.1, 0.15) is 0 Å². The molecule has 1 fully saturated rings. The zero-order chi connectivity index (χ0) is 19.0. The van der Waals surface area contributed by atoms with Crippen LogP contribution in [0.4, 0.5) is 5.69 Å². The number of anilines is 1. The van der Waals surface area contributed by atoms with Crippen LogP contribution < -0.4 is 4.90 Å². The van der Waals surface area contributed by atoms with Gasteiger partial charge in [-0.2, -0.15) is 0 Å². The van der Waals surface area contributed by atoms with Gasteiger partial charge in [-0.05, 0) is 36.4 Å². The van der Waals surface area contributed by atoms with Gasteiger partial charge >= 0.3 is 0 Å². The molecule has 140 valence electrons. The maximum Gasteiger partial charge on any atom is 0.268 e. The number of nitrogens with zero attached hydrogens (tertiary/aromatic N) is 2. The van der Waals surface area contributed by atoms with Crippen molar-refractivity contribution in [3.05, 3.63) is 59.2 Å². The fourth-order valence-electron chi connectivity index (χ4n) is 3.26. The second kappa shape index (κ2) is 6.99. The van der Waals surface area contributed by atoms with Gasteiger partial charge in [-0.1, -0.05) is 17.7 Å². The van der Waals surface area contributed by atoms with Gasteiger partial charge in [0.05, 0.1) is 23.6 Å². The number of rotatable bonds is 4. The average molecular weight is 405 g/mol. The molecular formula is C19H17ClN2O4S. The van der Waals surface area contributed by atoms with E-state index in [1.807, 2.05) is 12.1 Å². The number of benzene rings is 2. The normalized spacial score (nSPS) is 15.2. The summed E-state index contributed by atoms with van der Waals surface area (Å²) in [5.41, 5.74) is 1.71. The summed E-state index contributed by atoms with van der Waals surface area (Å²) in [5, 5.41) is 0.928. The van der Waals surface area contributed by atoms with Crippen molar-refractivity contribution in [2.45, 2.75) is 4.90 Å². The maximum absolute atomic E-state index is 13.1. The topological polar surface area (TPSA) is 68.6 Å². The van der Waals surface area contributed by atoms with Crippen LogP contribution in [0.15, 0.2) is 53.6 Å². The first kappa shape index (κ1) is 18.0. The molecule has 8 heteroatoms. The highest BCUT2D eigenvalue weighted by molar-refractivity contribution is 7.90. The zero-order valence-electron chi connectivity index (χ0n) is 14.3. The Labute approximate surface area is 162 Å². The van der Waals surface area contributed by atoms with E-state index in [9.17, 15) is 13.2 Å². The first-order valence-corrected chi connectivity index (χ1v) is 10.3. The van der Waals surface area contributed by atoms with Gasteiger partial charge in [0, 0.05) is 40.9 Å². The molecule has 0 atom stereocenters. The van der Waals surface area contributed by atoms with Crippen molar-refractivity contribution in [3.63, 3.8) is 0 Å². The lowest BCUT2D eigenvalue weighted by molar-refractivity contribution is 0.112. The van der Waals surface area contributed by atoms with E-state index in [1.165, 1.54) is 18.3 Å². The summed E-state index contributed by atoms with van der Waals surface area (Å²) in [4.78, 5) is 13.8. The third-order valence-electron chi connectivity index (χ3n) is 4.64. The van der Waals surface area contributed by atoms with Crippen molar-refractivity contribution in [2.24, 2.45) is 0 Å². The van der Waals surface area contributed by atoms with Crippen LogP contribution in [0.2, 0.25) is 5.02 Å². The Kier molecular flexibility index (Phi) is 4.67. The molecular weight excluding hydrogens is 388 g/mol. The number of morpholine rings is 1. The standard InChI is InChI=1S/C19H17ClN2O4S/c20-15-2-1-3-17(10-15)27(24,25)22-12-14(13-23)18-11-16(4-5-19(18)22)21-6-8-26-9-7-21/h1-5,10-13H,6-9H2. The van der Waals surface area contributed by atoms with E-state index < -0.39 is 10.0 Å². The summed E-state index contributed by atoms with van der Waals surface area (Å²) >= 11 is 5.95. The van der Waals surface area contributed by atoms with Crippen molar-refractivity contribution >= 4 is 44.5 Å². The molecule has 0 bridgehead atoms. The highest BCUT2D eigenvalue weighted by Gasteiger charge is 2.22. The largest absolute Gasteiger partial charge is 0.378 e. The van der Waals surface area contributed by atoms with E-state index in [-0.39, 0.29) is 4.90 Å². The Hall–Kier alpha value is -2.35. The van der Waals surface area contributed by atoms with E-state index >= 15 is 0 Å². The lowest BCUT2D eigenvalue weighted by Gasteiger charge is -2.29. The smallest absolute Gasteiger partial charge is 0.268 e. The van der Waals surface area contributed by atoms with Crippen molar-refractivity contribution in [1.29, 1.82) is 0 Å². The highest BCUT2D eigenvalue weighted by Crippen LogP contribution is 2.30. The van der Waals surface area contributed by atoms with E-state index in [2.05, 4.69) is 4.90 Å².